The lowest BCUT2D eigenvalue weighted by Crippen LogP contribution is -2.42. The third-order valence-corrected chi connectivity index (χ3v) is 3.66. The van der Waals surface area contributed by atoms with E-state index < -0.39 is 0 Å². The molecule has 2 unspecified atom stereocenters. The second-order valence-electron chi connectivity index (χ2n) is 4.89. The van der Waals surface area contributed by atoms with Crippen molar-refractivity contribution < 1.29 is 4.74 Å². The van der Waals surface area contributed by atoms with E-state index in [1.165, 1.54) is 51.7 Å². The maximum atomic E-state index is 5.85. The summed E-state index contributed by atoms with van der Waals surface area (Å²) in [5.41, 5.74) is 0. The Balaban J connectivity index is 1.76. The van der Waals surface area contributed by atoms with Crippen molar-refractivity contribution >= 4 is 0 Å². The van der Waals surface area contributed by atoms with Gasteiger partial charge < -0.3 is 9.64 Å². The fourth-order valence-corrected chi connectivity index (χ4v) is 2.62. The number of rotatable bonds is 2. The highest BCUT2D eigenvalue weighted by Gasteiger charge is 2.24. The molecule has 0 amide bonds. The molecule has 0 bridgehead atoms. The fraction of sp³-hybridized carbons (Fsp3) is 1.00. The molecule has 2 fully saturated rings. The molecule has 82 valence electrons. The van der Waals surface area contributed by atoms with Crippen molar-refractivity contribution in [3.05, 3.63) is 0 Å². The van der Waals surface area contributed by atoms with Crippen molar-refractivity contribution in [2.45, 2.75) is 45.1 Å². The molecule has 2 heterocycles. The van der Waals surface area contributed by atoms with E-state index in [0.29, 0.717) is 6.10 Å². The summed E-state index contributed by atoms with van der Waals surface area (Å²) in [5, 5.41) is 0. The van der Waals surface area contributed by atoms with Gasteiger partial charge in [-0.05, 0) is 44.7 Å². The van der Waals surface area contributed by atoms with Crippen LogP contribution in [0.4, 0.5) is 0 Å². The summed E-state index contributed by atoms with van der Waals surface area (Å²) in [6, 6.07) is 0. The van der Waals surface area contributed by atoms with E-state index in [1.54, 1.807) is 0 Å². The van der Waals surface area contributed by atoms with Crippen molar-refractivity contribution in [1.82, 2.24) is 4.90 Å². The van der Waals surface area contributed by atoms with Crippen LogP contribution in [0.15, 0.2) is 0 Å². The summed E-state index contributed by atoms with van der Waals surface area (Å²) >= 11 is 0. The Labute approximate surface area is 87.6 Å². The summed E-state index contributed by atoms with van der Waals surface area (Å²) in [5.74, 6) is 0.769. The Morgan fingerprint density at radius 1 is 1.14 bits per heavy atom. The predicted molar refractivity (Wildman–Crippen MR) is 58.4 cm³/mol. The second kappa shape index (κ2) is 5.13. The topological polar surface area (TPSA) is 12.5 Å². The van der Waals surface area contributed by atoms with Crippen LogP contribution in [0.2, 0.25) is 0 Å². The molecule has 0 aromatic rings. The minimum Gasteiger partial charge on any atom is -0.377 e. The van der Waals surface area contributed by atoms with Crippen molar-refractivity contribution in [2.24, 2.45) is 5.92 Å². The lowest BCUT2D eigenvalue weighted by molar-refractivity contribution is -0.0407. The highest BCUT2D eigenvalue weighted by Crippen LogP contribution is 2.22. The minimum atomic E-state index is 0.516. The number of piperidine rings is 1. The van der Waals surface area contributed by atoms with Crippen LogP contribution in [0.1, 0.15) is 39.0 Å². The minimum absolute atomic E-state index is 0.516. The van der Waals surface area contributed by atoms with Gasteiger partial charge in [-0.1, -0.05) is 13.3 Å². The van der Waals surface area contributed by atoms with Gasteiger partial charge in [0.05, 0.1) is 6.10 Å². The van der Waals surface area contributed by atoms with E-state index in [0.717, 1.165) is 12.5 Å². The molecule has 2 nitrogen and oxygen atoms in total. The van der Waals surface area contributed by atoms with Crippen molar-refractivity contribution in [2.75, 3.05) is 26.2 Å². The summed E-state index contributed by atoms with van der Waals surface area (Å²) in [6.07, 6.45) is 7.34. The number of hydrogen-bond acceptors (Lipinski definition) is 2. The van der Waals surface area contributed by atoms with E-state index in [4.69, 9.17) is 4.74 Å². The Morgan fingerprint density at radius 2 is 1.93 bits per heavy atom. The van der Waals surface area contributed by atoms with E-state index in [-0.39, 0.29) is 0 Å². The Kier molecular flexibility index (Phi) is 3.82. The molecule has 2 aliphatic rings. The molecular formula is C12H23NO. The van der Waals surface area contributed by atoms with Gasteiger partial charge in [-0.15, -0.1) is 0 Å². The largest absolute Gasteiger partial charge is 0.377 e. The number of hydrogen-bond donors (Lipinski definition) is 0. The fourth-order valence-electron chi connectivity index (χ4n) is 2.62. The zero-order chi connectivity index (χ0) is 9.80. The number of likely N-dealkylation sites (tertiary alicyclic amines) is 1. The highest BCUT2D eigenvalue weighted by molar-refractivity contribution is 4.76. The molecule has 14 heavy (non-hydrogen) atoms. The molecule has 0 spiro atoms. The van der Waals surface area contributed by atoms with Gasteiger partial charge in [0.1, 0.15) is 0 Å². The van der Waals surface area contributed by atoms with Gasteiger partial charge in [-0.3, -0.25) is 0 Å². The summed E-state index contributed by atoms with van der Waals surface area (Å²) < 4.78 is 5.85. The summed E-state index contributed by atoms with van der Waals surface area (Å²) in [7, 11) is 0. The van der Waals surface area contributed by atoms with Crippen LogP contribution >= 0.6 is 0 Å². The molecule has 2 rings (SSSR count). The first-order valence-corrected chi connectivity index (χ1v) is 6.20. The summed E-state index contributed by atoms with van der Waals surface area (Å²) in [6.45, 7) is 7.11. The van der Waals surface area contributed by atoms with Crippen LogP contribution in [0.25, 0.3) is 0 Å². The van der Waals surface area contributed by atoms with Crippen LogP contribution in [-0.4, -0.2) is 37.2 Å². The van der Waals surface area contributed by atoms with Crippen LogP contribution in [0, 0.1) is 5.92 Å². The first kappa shape index (κ1) is 10.4. The molecular weight excluding hydrogens is 174 g/mol. The average Bonchev–Trinajstić information content (AvgIpc) is 2.23. The molecule has 0 aromatic heterocycles. The van der Waals surface area contributed by atoms with E-state index >= 15 is 0 Å². The van der Waals surface area contributed by atoms with Crippen LogP contribution in [0.3, 0.4) is 0 Å². The standard InChI is InChI=1S/C12H23NO/c1-11-6-5-9-14-12(11)10-13-7-3-2-4-8-13/h11-12H,2-10H2,1H3. The van der Waals surface area contributed by atoms with E-state index in [9.17, 15) is 0 Å². The van der Waals surface area contributed by atoms with Gasteiger partial charge in [0.15, 0.2) is 0 Å². The molecule has 2 heteroatoms. The number of nitrogens with zero attached hydrogens (tertiary/aromatic N) is 1. The van der Waals surface area contributed by atoms with Crippen LogP contribution in [-0.2, 0) is 4.74 Å². The van der Waals surface area contributed by atoms with Gasteiger partial charge in [0.2, 0.25) is 0 Å². The SMILES string of the molecule is CC1CCCOC1CN1CCCCC1. The Bertz CT molecular complexity index is 166. The molecule has 0 radical (unpaired) electrons. The third kappa shape index (κ3) is 2.71. The molecule has 2 aliphatic heterocycles. The quantitative estimate of drug-likeness (QED) is 0.673. The maximum absolute atomic E-state index is 5.85. The lowest BCUT2D eigenvalue weighted by Gasteiger charge is -2.35. The van der Waals surface area contributed by atoms with Crippen molar-refractivity contribution in [1.29, 1.82) is 0 Å². The average molecular weight is 197 g/mol. The molecule has 0 saturated carbocycles. The molecule has 0 aromatic carbocycles. The smallest absolute Gasteiger partial charge is 0.0727 e. The first-order valence-electron chi connectivity index (χ1n) is 6.20. The van der Waals surface area contributed by atoms with E-state index in [1.807, 2.05) is 0 Å². The van der Waals surface area contributed by atoms with Crippen LogP contribution < -0.4 is 0 Å². The molecule has 0 N–H and O–H groups in total. The number of ether oxygens (including phenoxy) is 1. The Morgan fingerprint density at radius 3 is 2.64 bits per heavy atom. The monoisotopic (exact) mass is 197 g/mol. The maximum Gasteiger partial charge on any atom is 0.0727 e. The molecule has 2 atom stereocenters. The highest BCUT2D eigenvalue weighted by atomic mass is 16.5. The zero-order valence-electron chi connectivity index (χ0n) is 9.37. The molecule has 2 saturated heterocycles. The normalized spacial score (nSPS) is 35.8. The van der Waals surface area contributed by atoms with Crippen LogP contribution in [0.5, 0.6) is 0 Å². The zero-order valence-corrected chi connectivity index (χ0v) is 9.37. The van der Waals surface area contributed by atoms with Gasteiger partial charge in [-0.25, -0.2) is 0 Å². The van der Waals surface area contributed by atoms with Gasteiger partial charge in [0.25, 0.3) is 0 Å². The van der Waals surface area contributed by atoms with Gasteiger partial charge in [0, 0.05) is 13.2 Å². The van der Waals surface area contributed by atoms with Crippen molar-refractivity contribution in [3.63, 3.8) is 0 Å². The summed E-state index contributed by atoms with van der Waals surface area (Å²) in [4.78, 5) is 2.59. The first-order chi connectivity index (χ1) is 6.86. The van der Waals surface area contributed by atoms with Crippen molar-refractivity contribution in [3.8, 4) is 0 Å². The van der Waals surface area contributed by atoms with E-state index in [2.05, 4.69) is 11.8 Å². The molecule has 0 aliphatic carbocycles. The predicted octanol–water partition coefficient (Wildman–Crippen LogP) is 2.29. The third-order valence-electron chi connectivity index (χ3n) is 3.66. The van der Waals surface area contributed by atoms with Gasteiger partial charge >= 0.3 is 0 Å². The second-order valence-corrected chi connectivity index (χ2v) is 4.89. The van der Waals surface area contributed by atoms with Gasteiger partial charge in [-0.2, -0.15) is 0 Å². The lowest BCUT2D eigenvalue weighted by atomic mass is 9.95. The Hall–Kier alpha value is -0.0800.